The normalized spacial score (nSPS) is 14.2. The minimum atomic E-state index is -0.440. The number of nitrogens with one attached hydrogen (secondary N) is 1. The van der Waals surface area contributed by atoms with E-state index in [-0.39, 0.29) is 18.6 Å². The Labute approximate surface area is 176 Å². The summed E-state index contributed by atoms with van der Waals surface area (Å²) in [6.45, 7) is 1.94. The molecule has 1 amide bonds. The molecule has 1 unspecified atom stereocenters. The van der Waals surface area contributed by atoms with Crippen LogP contribution in [-0.4, -0.2) is 32.7 Å². The predicted octanol–water partition coefficient (Wildman–Crippen LogP) is 3.84. The van der Waals surface area contributed by atoms with Crippen LogP contribution in [0.3, 0.4) is 0 Å². The van der Waals surface area contributed by atoms with Gasteiger partial charge in [0.15, 0.2) is 18.1 Å². The molecule has 0 radical (unpaired) electrons. The fourth-order valence-corrected chi connectivity index (χ4v) is 3.17. The van der Waals surface area contributed by atoms with Crippen LogP contribution >= 0.6 is 0 Å². The van der Waals surface area contributed by atoms with E-state index in [1.54, 1.807) is 24.3 Å². The van der Waals surface area contributed by atoms with E-state index in [9.17, 15) is 9.59 Å². The number of rotatable bonds is 9. The van der Waals surface area contributed by atoms with Gasteiger partial charge in [-0.05, 0) is 55.0 Å². The van der Waals surface area contributed by atoms with Crippen LogP contribution in [0.25, 0.3) is 6.08 Å². The molecule has 0 spiro atoms. The number of hydrogen-bond acceptors (Lipinski definition) is 5. The number of hydrogen-bond donors (Lipinski definition) is 1. The van der Waals surface area contributed by atoms with Crippen LogP contribution < -0.4 is 14.8 Å². The summed E-state index contributed by atoms with van der Waals surface area (Å²) in [6.07, 6.45) is 5.18. The molecule has 0 aromatic heterocycles. The summed E-state index contributed by atoms with van der Waals surface area (Å²) < 4.78 is 15.6. The van der Waals surface area contributed by atoms with E-state index < -0.39 is 5.97 Å². The molecule has 158 valence electrons. The monoisotopic (exact) mass is 409 g/mol. The first-order valence-electron chi connectivity index (χ1n) is 9.93. The quantitative estimate of drug-likeness (QED) is 0.503. The summed E-state index contributed by atoms with van der Waals surface area (Å²) in [5.74, 6) is 0.800. The summed E-state index contributed by atoms with van der Waals surface area (Å²) in [5.41, 5.74) is 3.07. The van der Waals surface area contributed by atoms with Gasteiger partial charge in [0.2, 0.25) is 0 Å². The molecule has 1 N–H and O–H groups in total. The molecule has 30 heavy (non-hydrogen) atoms. The predicted molar refractivity (Wildman–Crippen MR) is 114 cm³/mol. The first-order chi connectivity index (χ1) is 14.5. The van der Waals surface area contributed by atoms with Crippen molar-refractivity contribution >= 4 is 18.0 Å². The van der Waals surface area contributed by atoms with E-state index >= 15 is 0 Å². The minimum absolute atomic E-state index is 0.00873. The summed E-state index contributed by atoms with van der Waals surface area (Å²) in [5, 5.41) is 3.11. The Kier molecular flexibility index (Phi) is 7.12. The molecule has 1 aliphatic carbocycles. The first-order valence-corrected chi connectivity index (χ1v) is 9.93. The van der Waals surface area contributed by atoms with E-state index in [0.29, 0.717) is 17.4 Å². The number of ether oxygens (including phenoxy) is 3. The van der Waals surface area contributed by atoms with E-state index in [1.807, 2.05) is 6.92 Å². The summed E-state index contributed by atoms with van der Waals surface area (Å²) in [4.78, 5) is 23.8. The van der Waals surface area contributed by atoms with E-state index in [1.165, 1.54) is 25.9 Å². The van der Waals surface area contributed by atoms with Crippen molar-refractivity contribution < 1.29 is 23.8 Å². The lowest BCUT2D eigenvalue weighted by Crippen LogP contribution is -2.33. The Morgan fingerprint density at radius 2 is 1.83 bits per heavy atom. The molecule has 1 atom stereocenters. The molecule has 0 saturated heterocycles. The zero-order chi connectivity index (χ0) is 21.5. The largest absolute Gasteiger partial charge is 0.493 e. The first kappa shape index (κ1) is 21.4. The maximum Gasteiger partial charge on any atom is 0.330 e. The number of esters is 1. The second kappa shape index (κ2) is 9.96. The lowest BCUT2D eigenvalue weighted by Gasteiger charge is -2.19. The number of aryl methyl sites for hydroxylation is 1. The van der Waals surface area contributed by atoms with Crippen molar-refractivity contribution in [3.8, 4) is 11.5 Å². The lowest BCUT2D eigenvalue weighted by molar-refractivity contribution is -0.134. The van der Waals surface area contributed by atoms with Crippen molar-refractivity contribution in [3.05, 3.63) is 65.2 Å². The van der Waals surface area contributed by atoms with Crippen LogP contribution in [0.4, 0.5) is 0 Å². The number of amides is 1. The highest BCUT2D eigenvalue weighted by molar-refractivity contribution is 5.87. The Balaban J connectivity index is 1.61. The Morgan fingerprint density at radius 1 is 1.10 bits per heavy atom. The highest BCUT2D eigenvalue weighted by atomic mass is 16.5. The van der Waals surface area contributed by atoms with Crippen molar-refractivity contribution in [2.75, 3.05) is 20.8 Å². The van der Waals surface area contributed by atoms with Crippen molar-refractivity contribution in [3.63, 3.8) is 0 Å². The van der Waals surface area contributed by atoms with Gasteiger partial charge in [-0.25, -0.2) is 4.79 Å². The summed E-state index contributed by atoms with van der Waals surface area (Å²) in [7, 11) is 2.85. The van der Waals surface area contributed by atoms with Crippen LogP contribution in [0.1, 0.15) is 35.6 Å². The van der Waals surface area contributed by atoms with Crippen molar-refractivity contribution in [1.82, 2.24) is 5.32 Å². The molecule has 1 saturated carbocycles. The average molecular weight is 409 g/mol. The van der Waals surface area contributed by atoms with Crippen LogP contribution in [-0.2, 0) is 14.3 Å². The molecule has 0 heterocycles. The van der Waals surface area contributed by atoms with Gasteiger partial charge < -0.3 is 19.5 Å². The molecular formula is C24H27NO5. The average Bonchev–Trinajstić information content (AvgIpc) is 3.60. The molecule has 3 rings (SSSR count). The molecule has 6 nitrogen and oxygen atoms in total. The van der Waals surface area contributed by atoms with Crippen LogP contribution in [0.2, 0.25) is 0 Å². The van der Waals surface area contributed by atoms with E-state index in [2.05, 4.69) is 34.3 Å². The molecule has 1 aliphatic rings. The van der Waals surface area contributed by atoms with Crippen molar-refractivity contribution in [2.24, 2.45) is 5.92 Å². The van der Waals surface area contributed by atoms with Gasteiger partial charge in [-0.3, -0.25) is 4.79 Å². The number of carbonyl (C=O) groups is 2. The highest BCUT2D eigenvalue weighted by Crippen LogP contribution is 2.41. The molecule has 2 aromatic rings. The molecule has 0 aliphatic heterocycles. The van der Waals surface area contributed by atoms with Gasteiger partial charge in [-0.1, -0.05) is 35.9 Å². The Morgan fingerprint density at radius 3 is 2.47 bits per heavy atom. The minimum Gasteiger partial charge on any atom is -0.493 e. The van der Waals surface area contributed by atoms with Gasteiger partial charge in [0.1, 0.15) is 0 Å². The topological polar surface area (TPSA) is 73.9 Å². The van der Waals surface area contributed by atoms with Gasteiger partial charge in [-0.2, -0.15) is 0 Å². The van der Waals surface area contributed by atoms with Crippen molar-refractivity contribution in [2.45, 2.75) is 25.8 Å². The number of carbonyl (C=O) groups excluding carboxylic acids is 2. The van der Waals surface area contributed by atoms with E-state index in [4.69, 9.17) is 9.47 Å². The fourth-order valence-electron chi connectivity index (χ4n) is 3.17. The molecular weight excluding hydrogens is 382 g/mol. The number of benzene rings is 2. The highest BCUT2D eigenvalue weighted by Gasteiger charge is 2.33. The van der Waals surface area contributed by atoms with Gasteiger partial charge in [0, 0.05) is 6.08 Å². The molecule has 2 aromatic carbocycles. The lowest BCUT2D eigenvalue weighted by atomic mass is 10.0. The third-order valence-electron chi connectivity index (χ3n) is 5.01. The zero-order valence-corrected chi connectivity index (χ0v) is 17.5. The maximum atomic E-state index is 12.5. The summed E-state index contributed by atoms with van der Waals surface area (Å²) >= 11 is 0. The third-order valence-corrected chi connectivity index (χ3v) is 5.01. The Bertz CT molecular complexity index is 916. The number of methoxy groups -OCH3 is 2. The second-order valence-corrected chi connectivity index (χ2v) is 7.35. The smallest absolute Gasteiger partial charge is 0.330 e. The molecule has 6 heteroatoms. The van der Waals surface area contributed by atoms with Gasteiger partial charge in [-0.15, -0.1) is 0 Å². The van der Waals surface area contributed by atoms with Gasteiger partial charge >= 0.3 is 5.97 Å². The van der Waals surface area contributed by atoms with Crippen molar-refractivity contribution in [1.29, 1.82) is 0 Å². The third kappa shape index (κ3) is 5.86. The summed E-state index contributed by atoms with van der Waals surface area (Å²) in [6, 6.07) is 13.5. The standard InChI is InChI=1S/C24H27NO5/c1-16-4-8-18(9-5-16)24(19-10-11-19)25-22(26)15-30-20-12-6-17(14-21(20)28-2)7-13-23(27)29-3/h4-9,12-14,19,24H,10-11,15H2,1-3H3,(H,25,26)/b13-7+. The van der Waals surface area contributed by atoms with Crippen LogP contribution in [0.5, 0.6) is 11.5 Å². The van der Waals surface area contributed by atoms with Gasteiger partial charge in [0.25, 0.3) is 5.91 Å². The van der Waals surface area contributed by atoms with Gasteiger partial charge in [0.05, 0.1) is 20.3 Å². The maximum absolute atomic E-state index is 12.5. The molecule has 1 fully saturated rings. The van der Waals surface area contributed by atoms with E-state index in [0.717, 1.165) is 24.0 Å². The fraction of sp³-hybridized carbons (Fsp3) is 0.333. The molecule has 0 bridgehead atoms. The SMILES string of the molecule is COC(=O)/C=C/c1ccc(OCC(=O)NC(c2ccc(C)cc2)C2CC2)c(OC)c1. The van der Waals surface area contributed by atoms with Crippen LogP contribution in [0, 0.1) is 12.8 Å². The second-order valence-electron chi connectivity index (χ2n) is 7.35. The Hall–Kier alpha value is -3.28. The van der Waals surface area contributed by atoms with Crippen LogP contribution in [0.15, 0.2) is 48.5 Å². The zero-order valence-electron chi connectivity index (χ0n) is 17.5.